The minimum absolute atomic E-state index is 0.00388. The van der Waals surface area contributed by atoms with Crippen LogP contribution in [0.15, 0.2) is 72.8 Å². The van der Waals surface area contributed by atoms with Gasteiger partial charge in [0.1, 0.15) is 23.0 Å². The zero-order valence-corrected chi connectivity index (χ0v) is 50.4. The lowest BCUT2D eigenvalue weighted by Gasteiger charge is -2.31. The molecule has 11 N–H and O–H groups in total. The van der Waals surface area contributed by atoms with Crippen LogP contribution < -0.4 is 37.2 Å². The third kappa shape index (κ3) is 18.2. The van der Waals surface area contributed by atoms with Gasteiger partial charge < -0.3 is 67.4 Å². The number of phenols is 4. The van der Waals surface area contributed by atoms with Crippen molar-refractivity contribution >= 4 is 65.0 Å². The van der Waals surface area contributed by atoms with E-state index in [0.717, 1.165) is 0 Å². The van der Waals surface area contributed by atoms with Crippen LogP contribution in [-0.4, -0.2) is 252 Å². The molecule has 0 radical (unpaired) electrons. The maximum atomic E-state index is 14.9. The smallest absolute Gasteiger partial charge is 0.333 e. The molecule has 5 heterocycles. The Balaban J connectivity index is 1.17. The summed E-state index contributed by atoms with van der Waals surface area (Å²) in [6.07, 6.45) is 0.621. The van der Waals surface area contributed by atoms with E-state index in [0.29, 0.717) is 17.9 Å². The Labute approximate surface area is 524 Å². The van der Waals surface area contributed by atoms with E-state index in [9.17, 15) is 73.2 Å². The summed E-state index contributed by atoms with van der Waals surface area (Å²) in [6.45, 7) is 1.68. The molecule has 5 aliphatic rings. The molecule has 29 heteroatoms. The molecule has 486 valence electrons. The van der Waals surface area contributed by atoms with E-state index in [2.05, 4.69) is 37.2 Å². The lowest BCUT2D eigenvalue weighted by molar-refractivity contribution is -0.197. The molecule has 0 spiro atoms. The molecule has 12 bridgehead atoms. The number of para-hydroxylation sites is 4. The van der Waals surface area contributed by atoms with Crippen LogP contribution in [0.4, 0.5) is 0 Å². The van der Waals surface area contributed by atoms with Crippen LogP contribution in [0.5, 0.6) is 23.0 Å². The minimum atomic E-state index is -0.792. The van der Waals surface area contributed by atoms with Gasteiger partial charge in [0.25, 0.3) is 59.1 Å². The van der Waals surface area contributed by atoms with Gasteiger partial charge in [-0.1, -0.05) is 30.7 Å². The first-order valence-corrected chi connectivity index (χ1v) is 30.4. The van der Waals surface area contributed by atoms with E-state index in [1.807, 2.05) is 19.6 Å². The largest absolute Gasteiger partial charge is 0.506 e. The molecule has 2 unspecified atom stereocenters. The molecule has 1 saturated heterocycles. The summed E-state index contributed by atoms with van der Waals surface area (Å²) in [4.78, 5) is 163. The molecular weight excluding hydrogens is 1180 g/mol. The van der Waals surface area contributed by atoms with Gasteiger partial charge in [0.2, 0.25) is 0 Å². The van der Waals surface area contributed by atoms with Gasteiger partial charge in [-0.2, -0.15) is 0 Å². The predicted octanol–water partition coefficient (Wildman–Crippen LogP) is -0.423. The van der Waals surface area contributed by atoms with Crippen molar-refractivity contribution in [3.8, 4) is 23.0 Å². The normalized spacial score (nSPS) is 21.2. The van der Waals surface area contributed by atoms with E-state index in [4.69, 9.17) is 4.84 Å². The Morgan fingerprint density at radius 3 is 0.923 bits per heavy atom. The molecule has 5 aliphatic heterocycles. The van der Waals surface area contributed by atoms with Crippen molar-refractivity contribution in [1.82, 2.24) is 66.8 Å². The summed E-state index contributed by atoms with van der Waals surface area (Å²) in [6, 6.07) is 16.8. The van der Waals surface area contributed by atoms with Gasteiger partial charge in [0.15, 0.2) is 0 Å². The van der Waals surface area contributed by atoms with Gasteiger partial charge >= 0.3 is 5.97 Å². The Morgan fingerprint density at radius 2 is 0.615 bits per heavy atom. The van der Waals surface area contributed by atoms with Crippen molar-refractivity contribution in [2.45, 2.75) is 38.5 Å². The molecule has 0 aliphatic carbocycles. The summed E-state index contributed by atoms with van der Waals surface area (Å²) in [5.74, 6) is -9.76. The third-order valence-corrected chi connectivity index (χ3v) is 16.0. The number of aromatic hydroxyl groups is 4. The third-order valence-electron chi connectivity index (χ3n) is 16.0. The second kappa shape index (κ2) is 32.7. The van der Waals surface area contributed by atoms with Crippen LogP contribution in [0.1, 0.15) is 121 Å². The van der Waals surface area contributed by atoms with E-state index in [1.54, 1.807) is 0 Å². The molecule has 9 rings (SSSR count). The van der Waals surface area contributed by atoms with Crippen LogP contribution in [0.25, 0.3) is 0 Å². The first-order valence-electron chi connectivity index (χ1n) is 30.4. The van der Waals surface area contributed by atoms with Gasteiger partial charge in [0, 0.05) is 157 Å². The number of amides is 10. The quantitative estimate of drug-likeness (QED) is 0.0827. The second-order valence-corrected chi connectivity index (χ2v) is 22.1. The van der Waals surface area contributed by atoms with Gasteiger partial charge in [-0.05, 0) is 61.4 Å². The van der Waals surface area contributed by atoms with Gasteiger partial charge in [-0.25, -0.2) is 4.79 Å². The van der Waals surface area contributed by atoms with E-state index >= 15 is 0 Å². The first-order chi connectivity index (χ1) is 43.9. The summed E-state index contributed by atoms with van der Waals surface area (Å²) >= 11 is 0. The number of carbonyl (C=O) groups is 11. The highest BCUT2D eigenvalue weighted by Gasteiger charge is 2.33. The Bertz CT molecular complexity index is 3280. The number of hydroxylamine groups is 2. The Morgan fingerprint density at radius 1 is 0.352 bits per heavy atom. The predicted molar refractivity (Wildman–Crippen MR) is 326 cm³/mol. The van der Waals surface area contributed by atoms with Crippen LogP contribution in [0, 0.1) is 0 Å². The van der Waals surface area contributed by atoms with Crippen molar-refractivity contribution in [3.05, 3.63) is 117 Å². The Kier molecular flexibility index (Phi) is 24.1. The Hall–Kier alpha value is -9.71. The molecule has 10 amide bonds. The molecular formula is C62H77N13O16. The van der Waals surface area contributed by atoms with Crippen molar-refractivity contribution in [1.29, 1.82) is 0 Å². The topological polar surface area (TPSA) is 382 Å². The number of nitrogens with one attached hydrogen (secondary N) is 7. The van der Waals surface area contributed by atoms with Crippen LogP contribution in [0.2, 0.25) is 0 Å². The number of nitrogens with zero attached hydrogens (tertiary/aromatic N) is 6. The highest BCUT2D eigenvalue weighted by atomic mass is 16.7. The van der Waals surface area contributed by atoms with Crippen LogP contribution in [-0.2, 0) is 19.2 Å². The fraction of sp³-hybridized carbons (Fsp3) is 0.435. The van der Waals surface area contributed by atoms with Crippen LogP contribution >= 0.6 is 0 Å². The van der Waals surface area contributed by atoms with Crippen molar-refractivity contribution in [3.63, 3.8) is 0 Å². The molecule has 4 aromatic carbocycles. The summed E-state index contributed by atoms with van der Waals surface area (Å²) < 4.78 is 0. The SMILES string of the molecule is O=C(CCCCCN1CCN2CCNC(=O)c3cccc(c3O)C(=O)NCCN(CCNC(=O)c3cccc(c3O)C1=O)CCN1CCNC(=O)c3cccc(c3O)C(=O)NCCN(CCNC(=O)c3cccc(c3O)C(=O)NCC1)CC2)ON1C(=O)CCC1=O. The fourth-order valence-corrected chi connectivity index (χ4v) is 10.8. The highest BCUT2D eigenvalue weighted by Crippen LogP contribution is 2.27. The minimum Gasteiger partial charge on any atom is -0.506 e. The second-order valence-electron chi connectivity index (χ2n) is 22.1. The molecule has 4 aromatic rings. The molecule has 0 aromatic heterocycles. The number of hydrogen-bond acceptors (Lipinski definition) is 20. The summed E-state index contributed by atoms with van der Waals surface area (Å²) in [5, 5.41) is 66.2. The fourth-order valence-electron chi connectivity index (χ4n) is 10.8. The number of fused-ring (bicyclic) bond motifs is 16. The molecule has 1 fully saturated rings. The average molecular weight is 1260 g/mol. The van der Waals surface area contributed by atoms with E-state index < -0.39 is 88.0 Å². The zero-order chi connectivity index (χ0) is 65.0. The van der Waals surface area contributed by atoms with E-state index in [1.165, 1.54) is 77.7 Å². The van der Waals surface area contributed by atoms with Crippen LogP contribution in [0.3, 0.4) is 0 Å². The van der Waals surface area contributed by atoms with Gasteiger partial charge in [-0.15, -0.1) is 5.06 Å². The monoisotopic (exact) mass is 1260 g/mol. The van der Waals surface area contributed by atoms with Gasteiger partial charge in [-0.3, -0.25) is 67.5 Å². The lowest BCUT2D eigenvalue weighted by atomic mass is 10.1. The first kappa shape index (κ1) is 67.2. The zero-order valence-electron chi connectivity index (χ0n) is 50.4. The number of benzene rings is 4. The number of rotatable bonds is 7. The number of hydrogen-bond donors (Lipinski definition) is 11. The van der Waals surface area contributed by atoms with Crippen molar-refractivity contribution in [2.75, 3.05) is 137 Å². The number of carbonyl (C=O) groups excluding carboxylic acids is 11. The average Bonchev–Trinajstić information content (AvgIpc) is 1.88. The molecule has 2 atom stereocenters. The standard InChI is InChI=1S/C62H77N13O16/c76-48-17-18-49(77)75(48)91-50(78)16-2-1-3-26-74-39-38-73-33-25-69-60(88)45-13-6-12-44(53(45)81)57(85)65-21-29-71(30-24-68-61(89)46-14-7-15-47(54(46)82)62(74)90)35-34-70-27-19-63-55(83)40-8-4-10-42(51(40)79)58(86)66-22-31-72(36-37-73)32-23-67-59(87)43-11-5-9-41(52(43)80)56(84)64-20-28-70/h4-15,79-82H,1-3,16-39H2,(H,63,83)(H,64,84)(H,65,85)(H,66,86)(H,67,87)(H,68,89)(H,69,88). The van der Waals surface area contributed by atoms with Crippen molar-refractivity contribution in [2.24, 2.45) is 0 Å². The molecule has 29 nitrogen and oxygen atoms in total. The highest BCUT2D eigenvalue weighted by molar-refractivity contribution is 6.07. The lowest BCUT2D eigenvalue weighted by Crippen LogP contribution is -2.46. The number of unbranched alkanes of at least 4 members (excludes halogenated alkanes) is 2. The van der Waals surface area contributed by atoms with Gasteiger partial charge in [0.05, 0.1) is 44.5 Å². The van der Waals surface area contributed by atoms with E-state index in [-0.39, 0.29) is 208 Å². The maximum absolute atomic E-state index is 14.9. The molecule has 0 saturated carbocycles. The van der Waals surface area contributed by atoms with Crippen molar-refractivity contribution < 1.29 is 78.0 Å². The number of phenolic OH excluding ortho intramolecular Hbond substituents is 4. The molecule has 91 heavy (non-hydrogen) atoms. The maximum Gasteiger partial charge on any atom is 0.333 e. The summed E-state index contributed by atoms with van der Waals surface area (Å²) in [7, 11) is 0. The summed E-state index contributed by atoms with van der Waals surface area (Å²) in [5.41, 5.74) is -1.42. The number of imide groups is 1.